The molecule has 0 bridgehead atoms. The Balaban J connectivity index is 2.52. The Bertz CT molecular complexity index is 143. The van der Waals surface area contributed by atoms with Gasteiger partial charge in [0.1, 0.15) is 6.10 Å². The summed E-state index contributed by atoms with van der Waals surface area (Å²) in [4.78, 5) is 0. The molecule has 0 aromatic rings. The van der Waals surface area contributed by atoms with Crippen molar-refractivity contribution < 1.29 is 19.7 Å². The topological polar surface area (TPSA) is 84.9 Å². The lowest BCUT2D eigenvalue weighted by atomic mass is 10.0. The maximum atomic E-state index is 9.39. The second kappa shape index (κ2) is 4.15. The maximum absolute atomic E-state index is 9.39. The molecular formula is C7H15NO4. The number of aliphatic hydroxyl groups excluding tert-OH is 2. The summed E-state index contributed by atoms with van der Waals surface area (Å²) in [7, 11) is 1.50. The summed E-state index contributed by atoms with van der Waals surface area (Å²) in [6.45, 7) is -0.241. The van der Waals surface area contributed by atoms with Crippen LogP contribution in [0, 0.1) is 0 Å². The summed E-state index contributed by atoms with van der Waals surface area (Å²) in [5.41, 5.74) is 5.59. The Hall–Kier alpha value is -0.200. The minimum atomic E-state index is -0.804. The molecule has 5 nitrogen and oxygen atoms in total. The van der Waals surface area contributed by atoms with E-state index in [9.17, 15) is 5.11 Å². The van der Waals surface area contributed by atoms with E-state index in [1.54, 1.807) is 0 Å². The number of nitrogens with two attached hydrogens (primary N) is 1. The Morgan fingerprint density at radius 3 is 2.83 bits per heavy atom. The first kappa shape index (κ1) is 9.88. The molecule has 1 fully saturated rings. The van der Waals surface area contributed by atoms with Crippen LogP contribution in [0.3, 0.4) is 0 Å². The average molecular weight is 177 g/mol. The fourth-order valence-corrected chi connectivity index (χ4v) is 1.27. The quantitative estimate of drug-likeness (QED) is 0.474. The Kier molecular flexibility index (Phi) is 3.42. The first-order valence-electron chi connectivity index (χ1n) is 3.91. The Morgan fingerprint density at radius 1 is 1.67 bits per heavy atom. The van der Waals surface area contributed by atoms with Gasteiger partial charge in [0.25, 0.3) is 0 Å². The van der Waals surface area contributed by atoms with Gasteiger partial charge >= 0.3 is 0 Å². The second-order valence-corrected chi connectivity index (χ2v) is 2.91. The van der Waals surface area contributed by atoms with E-state index in [0.717, 1.165) is 0 Å². The van der Waals surface area contributed by atoms with Gasteiger partial charge in [0.05, 0.1) is 12.7 Å². The van der Waals surface area contributed by atoms with Crippen molar-refractivity contribution in [3.63, 3.8) is 0 Å². The highest BCUT2D eigenvalue weighted by molar-refractivity contribution is 4.84. The third kappa shape index (κ3) is 1.94. The van der Waals surface area contributed by atoms with Crippen LogP contribution >= 0.6 is 0 Å². The van der Waals surface area contributed by atoms with Crippen LogP contribution < -0.4 is 5.73 Å². The first-order chi connectivity index (χ1) is 5.69. The van der Waals surface area contributed by atoms with Gasteiger partial charge in [-0.05, 0) is 0 Å². The molecule has 0 aromatic carbocycles. The zero-order valence-electron chi connectivity index (χ0n) is 7.01. The number of hydrogen-bond donors (Lipinski definition) is 3. The van der Waals surface area contributed by atoms with E-state index in [0.29, 0.717) is 6.42 Å². The van der Waals surface area contributed by atoms with Gasteiger partial charge < -0.3 is 25.4 Å². The van der Waals surface area contributed by atoms with Crippen molar-refractivity contribution >= 4 is 0 Å². The van der Waals surface area contributed by atoms with Crippen molar-refractivity contribution in [2.75, 3.05) is 13.7 Å². The van der Waals surface area contributed by atoms with Gasteiger partial charge in [-0.1, -0.05) is 0 Å². The molecule has 0 unspecified atom stereocenters. The lowest BCUT2D eigenvalue weighted by molar-refractivity contribution is -0.224. The van der Waals surface area contributed by atoms with E-state index < -0.39 is 18.5 Å². The molecule has 0 radical (unpaired) electrons. The third-order valence-electron chi connectivity index (χ3n) is 2.05. The van der Waals surface area contributed by atoms with Crippen LogP contribution in [0.25, 0.3) is 0 Å². The van der Waals surface area contributed by atoms with Crippen molar-refractivity contribution in [3.8, 4) is 0 Å². The number of aliphatic hydroxyl groups is 2. The average Bonchev–Trinajstić information content (AvgIpc) is 2.09. The van der Waals surface area contributed by atoms with E-state index in [2.05, 4.69) is 0 Å². The summed E-state index contributed by atoms with van der Waals surface area (Å²) in [6, 6.07) is -0.388. The van der Waals surface area contributed by atoms with E-state index in [1.165, 1.54) is 7.11 Å². The van der Waals surface area contributed by atoms with Crippen molar-refractivity contribution in [1.82, 2.24) is 0 Å². The molecule has 1 saturated heterocycles. The summed E-state index contributed by atoms with van der Waals surface area (Å²) in [5.74, 6) is 0. The van der Waals surface area contributed by atoms with Crippen LogP contribution in [0.15, 0.2) is 0 Å². The van der Waals surface area contributed by atoms with Crippen LogP contribution in [0.5, 0.6) is 0 Å². The SMILES string of the molecule is CO[C@H]1C[C@H](N)[C@H](O)[C@@H](CO)O1. The minimum Gasteiger partial charge on any atom is -0.394 e. The molecule has 72 valence electrons. The molecule has 0 amide bonds. The lowest BCUT2D eigenvalue weighted by Gasteiger charge is -2.36. The van der Waals surface area contributed by atoms with Crippen molar-refractivity contribution in [2.24, 2.45) is 5.73 Å². The minimum absolute atomic E-state index is 0.241. The molecule has 4 N–H and O–H groups in total. The summed E-state index contributed by atoms with van der Waals surface area (Å²) in [6.07, 6.45) is -1.39. The van der Waals surface area contributed by atoms with Gasteiger partial charge in [0, 0.05) is 19.6 Å². The van der Waals surface area contributed by atoms with Crippen molar-refractivity contribution in [3.05, 3.63) is 0 Å². The zero-order valence-corrected chi connectivity index (χ0v) is 7.01. The highest BCUT2D eigenvalue weighted by Gasteiger charge is 2.35. The summed E-state index contributed by atoms with van der Waals surface area (Å²) < 4.78 is 10.1. The molecule has 5 heteroatoms. The fraction of sp³-hybridized carbons (Fsp3) is 1.00. The van der Waals surface area contributed by atoms with Crippen molar-refractivity contribution in [1.29, 1.82) is 0 Å². The smallest absolute Gasteiger partial charge is 0.159 e. The summed E-state index contributed by atoms with van der Waals surface area (Å²) >= 11 is 0. The van der Waals surface area contributed by atoms with Crippen LogP contribution in [0.2, 0.25) is 0 Å². The van der Waals surface area contributed by atoms with Crippen LogP contribution in [-0.4, -0.2) is 48.5 Å². The summed E-state index contributed by atoms with van der Waals surface area (Å²) in [5, 5.41) is 18.2. The van der Waals surface area contributed by atoms with Gasteiger partial charge in [0.2, 0.25) is 0 Å². The molecule has 1 aliphatic heterocycles. The molecule has 12 heavy (non-hydrogen) atoms. The highest BCUT2D eigenvalue weighted by atomic mass is 16.7. The number of ether oxygens (including phenoxy) is 2. The molecule has 1 heterocycles. The van der Waals surface area contributed by atoms with Crippen molar-refractivity contribution in [2.45, 2.75) is 31.0 Å². The number of methoxy groups -OCH3 is 1. The Morgan fingerprint density at radius 2 is 2.33 bits per heavy atom. The fourth-order valence-electron chi connectivity index (χ4n) is 1.27. The largest absolute Gasteiger partial charge is 0.394 e. The molecule has 0 aliphatic carbocycles. The third-order valence-corrected chi connectivity index (χ3v) is 2.05. The lowest BCUT2D eigenvalue weighted by Crippen LogP contribution is -2.53. The van der Waals surface area contributed by atoms with Crippen LogP contribution in [0.1, 0.15) is 6.42 Å². The molecule has 0 saturated carbocycles. The first-order valence-corrected chi connectivity index (χ1v) is 3.91. The normalized spacial score (nSPS) is 43.0. The second-order valence-electron chi connectivity index (χ2n) is 2.91. The predicted octanol–water partition coefficient (Wildman–Crippen LogP) is -1.57. The van der Waals surface area contributed by atoms with Gasteiger partial charge in [-0.15, -0.1) is 0 Å². The predicted molar refractivity (Wildman–Crippen MR) is 41.4 cm³/mol. The monoisotopic (exact) mass is 177 g/mol. The molecular weight excluding hydrogens is 162 g/mol. The van der Waals surface area contributed by atoms with Gasteiger partial charge in [-0.2, -0.15) is 0 Å². The van der Waals surface area contributed by atoms with Gasteiger partial charge in [0.15, 0.2) is 6.29 Å². The molecule has 1 aliphatic rings. The van der Waals surface area contributed by atoms with E-state index in [-0.39, 0.29) is 12.6 Å². The molecule has 4 atom stereocenters. The van der Waals surface area contributed by atoms with Gasteiger partial charge in [-0.25, -0.2) is 0 Å². The van der Waals surface area contributed by atoms with Gasteiger partial charge in [-0.3, -0.25) is 0 Å². The van der Waals surface area contributed by atoms with E-state index >= 15 is 0 Å². The standard InChI is InChI=1S/C7H15NO4/c1-11-6-2-4(8)7(10)5(3-9)12-6/h4-7,9-10H,2-3,8H2,1H3/t4-,5+,6+,7-/m0/s1. The van der Waals surface area contributed by atoms with Crippen LogP contribution in [-0.2, 0) is 9.47 Å². The Labute approximate surface area is 71.1 Å². The van der Waals surface area contributed by atoms with E-state index in [4.69, 9.17) is 20.3 Å². The number of rotatable bonds is 2. The van der Waals surface area contributed by atoms with E-state index in [1.807, 2.05) is 0 Å². The molecule has 0 aromatic heterocycles. The number of hydrogen-bond acceptors (Lipinski definition) is 5. The van der Waals surface area contributed by atoms with Crippen LogP contribution in [0.4, 0.5) is 0 Å². The highest BCUT2D eigenvalue weighted by Crippen LogP contribution is 2.18. The molecule has 1 rings (SSSR count). The molecule has 0 spiro atoms. The zero-order chi connectivity index (χ0) is 9.14. The maximum Gasteiger partial charge on any atom is 0.159 e.